The summed E-state index contributed by atoms with van der Waals surface area (Å²) in [5.41, 5.74) is 12.0. The first-order chi connectivity index (χ1) is 5.31. The Morgan fingerprint density at radius 3 is 3.00 bits per heavy atom. The van der Waals surface area contributed by atoms with Crippen LogP contribution in [0.25, 0.3) is 0 Å². The molecule has 64 valence electrons. The highest BCUT2D eigenvalue weighted by Crippen LogP contribution is 2.27. The molecule has 0 bridgehead atoms. The predicted molar refractivity (Wildman–Crippen MR) is 49.2 cm³/mol. The van der Waals surface area contributed by atoms with E-state index in [1.807, 2.05) is 0 Å². The van der Waals surface area contributed by atoms with Crippen molar-refractivity contribution in [2.45, 2.75) is 23.1 Å². The zero-order valence-corrected chi connectivity index (χ0v) is 7.84. The molecule has 0 aromatic rings. The van der Waals surface area contributed by atoms with E-state index >= 15 is 0 Å². The Morgan fingerprint density at radius 1 is 1.45 bits per heavy atom. The number of rotatable bonds is 1. The van der Waals surface area contributed by atoms with Crippen LogP contribution in [0, 0.1) is 0 Å². The molecule has 0 spiro atoms. The summed E-state index contributed by atoms with van der Waals surface area (Å²) >= 11 is 1.73. The highest BCUT2D eigenvalue weighted by Gasteiger charge is 2.42. The monoisotopic (exact) mass is 193 g/mol. The van der Waals surface area contributed by atoms with Gasteiger partial charge in [0, 0.05) is 0 Å². The van der Waals surface area contributed by atoms with E-state index < -0.39 is 0 Å². The molecule has 0 saturated carbocycles. The van der Waals surface area contributed by atoms with E-state index in [1.54, 1.807) is 11.8 Å². The van der Waals surface area contributed by atoms with Crippen LogP contribution in [0.4, 0.5) is 0 Å². The van der Waals surface area contributed by atoms with Crippen molar-refractivity contribution in [1.29, 1.82) is 0 Å². The fourth-order valence-electron chi connectivity index (χ4n) is 1.35. The topological polar surface area (TPSA) is 74.1 Å². The van der Waals surface area contributed by atoms with E-state index in [-0.39, 0.29) is 17.8 Å². The Morgan fingerprint density at radius 2 is 2.27 bits per heavy atom. The molecule has 0 radical (unpaired) electrons. The van der Waals surface area contributed by atoms with Gasteiger partial charge in [-0.05, 0) is 0 Å². The average molecular weight is 193 g/mol. The van der Waals surface area contributed by atoms with E-state index in [4.69, 9.17) is 5.73 Å². The Labute approximate surface area is 71.8 Å². The van der Waals surface area contributed by atoms with Gasteiger partial charge in [0.05, 0.1) is 17.6 Å². The van der Waals surface area contributed by atoms with Crippen molar-refractivity contribution in [1.82, 2.24) is 21.3 Å². The Bertz CT molecular complexity index is 155. The van der Waals surface area contributed by atoms with E-state index in [0.29, 0.717) is 5.25 Å². The number of nitrogens with one attached hydrogen (secondary N) is 4. The van der Waals surface area contributed by atoms with Gasteiger partial charge in [0.25, 0.3) is 0 Å². The predicted octanol–water partition coefficient (Wildman–Crippen LogP) is -1.93. The van der Waals surface area contributed by atoms with Gasteiger partial charge < -0.3 is 5.73 Å². The quantitative estimate of drug-likeness (QED) is 0.312. The number of fused-ring (bicyclic) bond motifs is 1. The molecule has 11 heavy (non-hydrogen) atoms. The zero-order chi connectivity index (χ0) is 7.84. The number of hydrogen-bond acceptors (Lipinski definition) is 6. The fourth-order valence-corrected chi connectivity index (χ4v) is 2.95. The van der Waals surface area contributed by atoms with Gasteiger partial charge in [0.15, 0.2) is 0 Å². The minimum atomic E-state index is 0.0560. The fraction of sp³-hybridized carbons (Fsp3) is 1.00. The van der Waals surface area contributed by atoms with Crippen LogP contribution in [0.3, 0.4) is 0 Å². The van der Waals surface area contributed by atoms with E-state index in [2.05, 4.69) is 30.6 Å². The minimum absolute atomic E-state index is 0.0560. The molecule has 5 atom stereocenters. The van der Waals surface area contributed by atoms with E-state index in [0.717, 1.165) is 0 Å². The molecule has 2 rings (SSSR count). The number of thioether (sulfide) groups is 1. The normalized spacial score (nSPS) is 49.6. The van der Waals surface area contributed by atoms with Gasteiger partial charge in [-0.15, -0.1) is 11.8 Å². The van der Waals surface area contributed by atoms with E-state index in [1.165, 1.54) is 0 Å². The molecule has 5 unspecified atom stereocenters. The first-order valence-electron chi connectivity index (χ1n) is 3.45. The molecule has 0 aromatic carbocycles. The van der Waals surface area contributed by atoms with Crippen LogP contribution < -0.4 is 27.0 Å². The third-order valence-electron chi connectivity index (χ3n) is 1.88. The van der Waals surface area contributed by atoms with Gasteiger partial charge in [-0.2, -0.15) is 0 Å². The van der Waals surface area contributed by atoms with Gasteiger partial charge in [-0.1, -0.05) is 9.39 Å². The van der Waals surface area contributed by atoms with Crippen LogP contribution in [0.2, 0.25) is 0 Å². The largest absolute Gasteiger partial charge is 0.307 e. The number of hydrogen-bond donors (Lipinski definition) is 5. The first-order valence-corrected chi connectivity index (χ1v) is 4.97. The molecule has 0 aliphatic carbocycles. The minimum Gasteiger partial charge on any atom is -0.307 e. The van der Waals surface area contributed by atoms with Crippen LogP contribution in [0.15, 0.2) is 0 Å². The molecule has 6 N–H and O–H groups in total. The molecule has 2 heterocycles. The third kappa shape index (κ3) is 1.40. The summed E-state index contributed by atoms with van der Waals surface area (Å²) in [5.74, 6) is 0. The van der Waals surface area contributed by atoms with Crippen molar-refractivity contribution in [3.63, 3.8) is 0 Å². The van der Waals surface area contributed by atoms with Crippen molar-refractivity contribution in [3.05, 3.63) is 0 Å². The lowest BCUT2D eigenvalue weighted by molar-refractivity contribution is 0.469. The Kier molecular flexibility index (Phi) is 2.34. The van der Waals surface area contributed by atoms with Crippen LogP contribution in [0.5, 0.6) is 0 Å². The SMILES string of the molecule is NC1NC2NNC(NP)C2S1. The summed E-state index contributed by atoms with van der Waals surface area (Å²) in [5, 5.41) is 6.74. The molecule has 0 aromatic heterocycles. The highest BCUT2D eigenvalue weighted by atomic mass is 32.2. The number of hydrazine groups is 1. The summed E-state index contributed by atoms with van der Waals surface area (Å²) in [7, 11) is 2.50. The molecule has 2 aliphatic rings. The van der Waals surface area contributed by atoms with Gasteiger partial charge in [0.1, 0.15) is 5.50 Å². The maximum atomic E-state index is 5.69. The lowest BCUT2D eigenvalue weighted by atomic mass is 10.3. The molecule has 2 aliphatic heterocycles. The Hall–Kier alpha value is 0.580. The molecular weight excluding hydrogens is 181 g/mol. The van der Waals surface area contributed by atoms with Gasteiger partial charge in [-0.25, -0.2) is 10.9 Å². The van der Waals surface area contributed by atoms with Crippen LogP contribution in [-0.4, -0.2) is 23.1 Å². The zero-order valence-electron chi connectivity index (χ0n) is 5.87. The van der Waals surface area contributed by atoms with Crippen LogP contribution >= 0.6 is 21.2 Å². The van der Waals surface area contributed by atoms with Gasteiger partial charge in [0.2, 0.25) is 0 Å². The maximum absolute atomic E-state index is 5.69. The van der Waals surface area contributed by atoms with Crippen LogP contribution in [-0.2, 0) is 0 Å². The summed E-state index contributed by atoms with van der Waals surface area (Å²) in [6.07, 6.45) is 0.559. The van der Waals surface area contributed by atoms with Gasteiger partial charge >= 0.3 is 0 Å². The third-order valence-corrected chi connectivity index (χ3v) is 3.53. The van der Waals surface area contributed by atoms with Crippen molar-refractivity contribution in [3.8, 4) is 0 Å². The smallest absolute Gasteiger partial charge is 0.105 e. The molecule has 0 amide bonds. The van der Waals surface area contributed by atoms with Crippen molar-refractivity contribution in [2.24, 2.45) is 5.73 Å². The maximum Gasteiger partial charge on any atom is 0.105 e. The summed E-state index contributed by atoms with van der Waals surface area (Å²) in [4.78, 5) is 0. The van der Waals surface area contributed by atoms with Crippen molar-refractivity contribution in [2.75, 3.05) is 0 Å². The summed E-state index contributed by atoms with van der Waals surface area (Å²) in [6, 6.07) is 0. The van der Waals surface area contributed by atoms with Crippen LogP contribution in [0.1, 0.15) is 0 Å². The summed E-state index contributed by atoms with van der Waals surface area (Å²) in [6.45, 7) is 0. The second-order valence-corrected chi connectivity index (χ2v) is 4.26. The highest BCUT2D eigenvalue weighted by molar-refractivity contribution is 8.00. The van der Waals surface area contributed by atoms with Gasteiger partial charge in [-0.3, -0.25) is 10.4 Å². The second-order valence-electron chi connectivity index (χ2n) is 2.60. The van der Waals surface area contributed by atoms with E-state index in [9.17, 15) is 0 Å². The van der Waals surface area contributed by atoms with Crippen molar-refractivity contribution >= 4 is 21.2 Å². The average Bonchev–Trinajstić information content (AvgIpc) is 2.45. The molecular formula is C4H12N5PS. The van der Waals surface area contributed by atoms with Crippen molar-refractivity contribution < 1.29 is 0 Å². The molecule has 5 nitrogen and oxygen atoms in total. The number of nitrogens with two attached hydrogens (primary N) is 1. The lowest BCUT2D eigenvalue weighted by Crippen LogP contribution is -2.46. The molecule has 2 fully saturated rings. The Balaban J connectivity index is 2.01. The lowest BCUT2D eigenvalue weighted by Gasteiger charge is -2.13. The second kappa shape index (κ2) is 3.14. The molecule has 2 saturated heterocycles. The summed E-state index contributed by atoms with van der Waals surface area (Å²) < 4.78 is 0. The standard InChI is InChI=1S/C4H12N5PS/c5-4-6-2-1(11-4)3(9-10)8-7-2/h1-4,6-9H,5,10H2. The molecule has 7 heteroatoms. The first kappa shape index (κ1) is 8.19.